The first-order chi connectivity index (χ1) is 11.7. The first kappa shape index (κ1) is 21.1. The second kappa shape index (κ2) is 9.50. The van der Waals surface area contributed by atoms with Gasteiger partial charge in [0, 0.05) is 27.1 Å². The van der Waals surface area contributed by atoms with E-state index in [9.17, 15) is 23.1 Å². The molecular weight excluding hydrogens is 348 g/mol. The van der Waals surface area contributed by atoms with Gasteiger partial charge in [-0.25, -0.2) is 8.42 Å². The van der Waals surface area contributed by atoms with Crippen molar-refractivity contribution in [2.45, 2.75) is 26.0 Å². The van der Waals surface area contributed by atoms with Crippen LogP contribution in [-0.2, 0) is 24.3 Å². The zero-order chi connectivity index (χ0) is 19.0. The molecule has 0 saturated carbocycles. The molecule has 9 heteroatoms. The normalized spacial score (nSPS) is 14.1. The molecule has 0 bridgehead atoms. The molecule has 0 heterocycles. The minimum absolute atomic E-state index is 0.0230. The molecule has 0 aliphatic heterocycles. The van der Waals surface area contributed by atoms with Gasteiger partial charge in [0.2, 0.25) is 15.9 Å². The third-order valence-electron chi connectivity index (χ3n) is 3.67. The predicted molar refractivity (Wildman–Crippen MR) is 92.5 cm³/mol. The molecule has 2 atom stereocenters. The number of rotatable bonds is 10. The summed E-state index contributed by atoms with van der Waals surface area (Å²) in [4.78, 5) is 22.3. The summed E-state index contributed by atoms with van der Waals surface area (Å²) in [6, 6.07) is 7.56. The first-order valence-electron chi connectivity index (χ1n) is 7.73. The van der Waals surface area contributed by atoms with Gasteiger partial charge in [0.1, 0.15) is 6.04 Å². The van der Waals surface area contributed by atoms with Crippen molar-refractivity contribution < 1.29 is 27.9 Å². The van der Waals surface area contributed by atoms with Gasteiger partial charge in [0.05, 0.1) is 11.9 Å². The SMILES string of the molecule is COC(CS(=O)(=O)N(CCNC(C)=O)C(C)C(=O)O)c1ccccc1. The summed E-state index contributed by atoms with van der Waals surface area (Å²) in [5.74, 6) is -1.98. The average molecular weight is 372 g/mol. The Morgan fingerprint density at radius 1 is 1.28 bits per heavy atom. The number of hydrogen-bond acceptors (Lipinski definition) is 5. The van der Waals surface area contributed by atoms with Gasteiger partial charge in [0.15, 0.2) is 0 Å². The van der Waals surface area contributed by atoms with E-state index in [1.165, 1.54) is 21.0 Å². The van der Waals surface area contributed by atoms with Crippen LogP contribution in [-0.4, -0.2) is 61.7 Å². The van der Waals surface area contributed by atoms with E-state index in [4.69, 9.17) is 4.74 Å². The molecule has 0 fully saturated rings. The van der Waals surface area contributed by atoms with Crippen molar-refractivity contribution in [1.82, 2.24) is 9.62 Å². The molecule has 2 unspecified atom stereocenters. The molecule has 1 rings (SSSR count). The zero-order valence-corrected chi connectivity index (χ0v) is 15.3. The van der Waals surface area contributed by atoms with Gasteiger partial charge in [-0.3, -0.25) is 9.59 Å². The highest BCUT2D eigenvalue weighted by atomic mass is 32.2. The lowest BCUT2D eigenvalue weighted by atomic mass is 10.1. The van der Waals surface area contributed by atoms with E-state index in [2.05, 4.69) is 5.32 Å². The van der Waals surface area contributed by atoms with Crippen molar-refractivity contribution in [2.24, 2.45) is 0 Å². The minimum Gasteiger partial charge on any atom is -0.480 e. The highest BCUT2D eigenvalue weighted by Gasteiger charge is 2.33. The lowest BCUT2D eigenvalue weighted by molar-refractivity contribution is -0.140. The Balaban J connectivity index is 3.00. The standard InChI is InChI=1S/C16H24N2O6S/c1-12(16(20)21)18(10-9-17-13(2)19)25(22,23)11-15(24-3)14-7-5-4-6-8-14/h4-8,12,15H,9-11H2,1-3H3,(H,17,19)(H,20,21). The number of carboxylic acid groups (broad SMARTS) is 1. The Morgan fingerprint density at radius 2 is 1.88 bits per heavy atom. The average Bonchev–Trinajstić information content (AvgIpc) is 2.56. The lowest BCUT2D eigenvalue weighted by Gasteiger charge is -2.27. The van der Waals surface area contributed by atoms with Crippen LogP contribution in [0.25, 0.3) is 0 Å². The van der Waals surface area contributed by atoms with Crippen LogP contribution >= 0.6 is 0 Å². The molecule has 1 amide bonds. The summed E-state index contributed by atoms with van der Waals surface area (Å²) in [5, 5.41) is 11.7. The van der Waals surface area contributed by atoms with E-state index in [1.54, 1.807) is 30.3 Å². The highest BCUT2D eigenvalue weighted by molar-refractivity contribution is 7.89. The molecule has 1 aromatic rings. The van der Waals surface area contributed by atoms with Gasteiger partial charge < -0.3 is 15.2 Å². The molecule has 0 radical (unpaired) electrons. The maximum Gasteiger partial charge on any atom is 0.321 e. The maximum atomic E-state index is 12.8. The fraction of sp³-hybridized carbons (Fsp3) is 0.500. The Labute approximate surface area is 147 Å². The number of sulfonamides is 1. The number of aliphatic carboxylic acids is 1. The fourth-order valence-corrected chi connectivity index (χ4v) is 4.14. The van der Waals surface area contributed by atoms with Crippen molar-refractivity contribution in [2.75, 3.05) is 26.0 Å². The number of benzene rings is 1. The van der Waals surface area contributed by atoms with Gasteiger partial charge in [0.25, 0.3) is 0 Å². The van der Waals surface area contributed by atoms with E-state index in [0.29, 0.717) is 5.56 Å². The van der Waals surface area contributed by atoms with Gasteiger partial charge in [-0.15, -0.1) is 0 Å². The topological polar surface area (TPSA) is 113 Å². The Bertz CT molecular complexity index is 677. The molecule has 8 nitrogen and oxygen atoms in total. The predicted octanol–water partition coefficient (Wildman–Crippen LogP) is 0.615. The zero-order valence-electron chi connectivity index (χ0n) is 14.5. The largest absolute Gasteiger partial charge is 0.480 e. The van der Waals surface area contributed by atoms with Crippen LogP contribution in [0.5, 0.6) is 0 Å². The highest BCUT2D eigenvalue weighted by Crippen LogP contribution is 2.21. The number of carboxylic acids is 1. The summed E-state index contributed by atoms with van der Waals surface area (Å²) in [6.07, 6.45) is -0.726. The van der Waals surface area contributed by atoms with Crippen LogP contribution in [0.15, 0.2) is 30.3 Å². The summed E-state index contributed by atoms with van der Waals surface area (Å²) >= 11 is 0. The summed E-state index contributed by atoms with van der Waals surface area (Å²) in [5.41, 5.74) is 0.679. The third kappa shape index (κ3) is 6.45. The molecule has 0 aromatic heterocycles. The van der Waals surface area contributed by atoms with Gasteiger partial charge in [-0.2, -0.15) is 4.31 Å². The first-order valence-corrected chi connectivity index (χ1v) is 9.34. The number of ether oxygens (including phenoxy) is 1. The number of carbonyl (C=O) groups is 2. The van der Waals surface area contributed by atoms with Gasteiger partial charge in [-0.1, -0.05) is 30.3 Å². The Morgan fingerprint density at radius 3 is 2.36 bits per heavy atom. The van der Waals surface area contributed by atoms with Crippen molar-refractivity contribution in [3.05, 3.63) is 35.9 Å². The van der Waals surface area contributed by atoms with Crippen molar-refractivity contribution in [1.29, 1.82) is 0 Å². The quantitative estimate of drug-likeness (QED) is 0.622. The van der Waals surface area contributed by atoms with Crippen LogP contribution < -0.4 is 5.32 Å². The number of amides is 1. The van der Waals surface area contributed by atoms with E-state index >= 15 is 0 Å². The van der Waals surface area contributed by atoms with Crippen LogP contribution in [0, 0.1) is 0 Å². The van der Waals surface area contributed by atoms with Crippen LogP contribution in [0.2, 0.25) is 0 Å². The van der Waals surface area contributed by atoms with E-state index in [-0.39, 0.29) is 19.0 Å². The van der Waals surface area contributed by atoms with Crippen LogP contribution in [0.1, 0.15) is 25.5 Å². The molecule has 0 spiro atoms. The molecule has 25 heavy (non-hydrogen) atoms. The summed E-state index contributed by atoms with van der Waals surface area (Å²) < 4.78 is 31.7. The van der Waals surface area contributed by atoms with Gasteiger partial charge >= 0.3 is 5.97 Å². The Kier molecular flexibility index (Phi) is 8.01. The molecule has 140 valence electrons. The minimum atomic E-state index is -3.95. The van der Waals surface area contributed by atoms with E-state index < -0.39 is 33.9 Å². The fourth-order valence-electron chi connectivity index (χ4n) is 2.29. The number of nitrogens with zero attached hydrogens (tertiary/aromatic N) is 1. The summed E-state index contributed by atoms with van der Waals surface area (Å²) in [7, 11) is -2.55. The molecule has 1 aromatic carbocycles. The van der Waals surface area contributed by atoms with Crippen LogP contribution in [0.3, 0.4) is 0 Å². The van der Waals surface area contributed by atoms with E-state index in [1.807, 2.05) is 0 Å². The monoisotopic (exact) mass is 372 g/mol. The van der Waals surface area contributed by atoms with Gasteiger partial charge in [-0.05, 0) is 12.5 Å². The van der Waals surface area contributed by atoms with Crippen molar-refractivity contribution >= 4 is 21.9 Å². The molecule has 0 aliphatic rings. The lowest BCUT2D eigenvalue weighted by Crippen LogP contribution is -2.48. The van der Waals surface area contributed by atoms with Crippen molar-refractivity contribution in [3.8, 4) is 0 Å². The number of methoxy groups -OCH3 is 1. The molecular formula is C16H24N2O6S. The maximum absolute atomic E-state index is 12.8. The summed E-state index contributed by atoms with van der Waals surface area (Å²) in [6.45, 7) is 2.48. The van der Waals surface area contributed by atoms with Crippen molar-refractivity contribution in [3.63, 3.8) is 0 Å². The number of nitrogens with one attached hydrogen (secondary N) is 1. The third-order valence-corrected chi connectivity index (χ3v) is 5.61. The number of hydrogen-bond donors (Lipinski definition) is 2. The molecule has 0 aliphatic carbocycles. The number of carbonyl (C=O) groups excluding carboxylic acids is 1. The Hall–Kier alpha value is -1.97. The second-order valence-electron chi connectivity index (χ2n) is 5.52. The second-order valence-corrected chi connectivity index (χ2v) is 7.49. The smallest absolute Gasteiger partial charge is 0.321 e. The van der Waals surface area contributed by atoms with E-state index in [0.717, 1.165) is 4.31 Å². The van der Waals surface area contributed by atoms with Crippen LogP contribution in [0.4, 0.5) is 0 Å². The molecule has 0 saturated heterocycles. The molecule has 2 N–H and O–H groups in total.